The minimum Gasteiger partial charge on any atom is -0.417 e. The third kappa shape index (κ3) is 7.21. The second-order valence-electron chi connectivity index (χ2n) is 11.5. The van der Waals surface area contributed by atoms with Gasteiger partial charge in [0.25, 0.3) is 11.9 Å². The van der Waals surface area contributed by atoms with Gasteiger partial charge in [0.2, 0.25) is 11.7 Å². The van der Waals surface area contributed by atoms with Crippen LogP contribution in [0.3, 0.4) is 0 Å². The van der Waals surface area contributed by atoms with E-state index in [1.165, 1.54) is 30.0 Å². The zero-order valence-electron chi connectivity index (χ0n) is 25.1. The summed E-state index contributed by atoms with van der Waals surface area (Å²) < 4.78 is 74.6. The average molecular weight is 655 g/mol. The number of hydrogen-bond donors (Lipinski definition) is 1. The fourth-order valence-electron chi connectivity index (χ4n) is 5.90. The number of alkyl halides is 3. The highest BCUT2D eigenvalue weighted by molar-refractivity contribution is 6.03. The minimum absolute atomic E-state index is 0.0101. The maximum absolute atomic E-state index is 14.0. The number of piperidine rings is 1. The number of rotatable bonds is 7. The Balaban J connectivity index is 1.05. The number of nitrogens with one attached hydrogen (secondary N) is 1. The highest BCUT2D eigenvalue weighted by Crippen LogP contribution is 2.36. The number of carbonyl (C=O) groups excluding carboxylic acids is 2. The van der Waals surface area contributed by atoms with Crippen molar-refractivity contribution < 1.29 is 36.0 Å². The van der Waals surface area contributed by atoms with E-state index in [1.807, 2.05) is 35.2 Å². The molecule has 0 unspecified atom stereocenters. The summed E-state index contributed by atoms with van der Waals surface area (Å²) in [5.74, 6) is -3.60. The number of nitrogens with zero attached hydrogens (tertiary/aromatic N) is 5. The first-order chi connectivity index (χ1) is 22.6. The number of halogens is 5. The molecule has 246 valence electrons. The van der Waals surface area contributed by atoms with Crippen molar-refractivity contribution in [3.63, 3.8) is 0 Å². The van der Waals surface area contributed by atoms with Gasteiger partial charge in [-0.2, -0.15) is 18.2 Å². The van der Waals surface area contributed by atoms with Crippen molar-refractivity contribution in [2.45, 2.75) is 31.4 Å². The third-order valence-electron chi connectivity index (χ3n) is 8.46. The number of pyridine rings is 1. The molecular formula is C33H31F5N6O3. The van der Waals surface area contributed by atoms with Crippen LogP contribution in [0, 0.1) is 11.6 Å². The molecule has 0 radical (unpaired) electrons. The lowest BCUT2D eigenvalue weighted by Gasteiger charge is -2.35. The van der Waals surface area contributed by atoms with Gasteiger partial charge >= 0.3 is 6.18 Å². The largest absolute Gasteiger partial charge is 0.437 e. The molecule has 2 aliphatic heterocycles. The molecule has 2 fully saturated rings. The summed E-state index contributed by atoms with van der Waals surface area (Å²) in [6.45, 7) is 2.33. The smallest absolute Gasteiger partial charge is 0.417 e. The number of benzene rings is 2. The molecule has 0 aliphatic carbocycles. The van der Waals surface area contributed by atoms with Gasteiger partial charge in [-0.25, -0.2) is 13.8 Å². The Morgan fingerprint density at radius 1 is 0.872 bits per heavy atom. The Bertz CT molecular complexity index is 1720. The molecule has 2 aliphatic rings. The van der Waals surface area contributed by atoms with Crippen LogP contribution in [0.15, 0.2) is 71.3 Å². The standard InChI is InChI=1S/C33H31F5N6O3/c34-25-8-4-7-23(28(25)35)19-27(45)43-17-15-42(16-18-43)26-10-9-24(20-39-26)40-31(46)29-30(33(36,37)38)41-32(47-29)44-13-11-22(12-14-44)21-5-2-1-3-6-21/h1-10,20,22H,11-19H2,(H,40,46). The van der Waals surface area contributed by atoms with Gasteiger partial charge in [-0.3, -0.25) is 9.59 Å². The Morgan fingerprint density at radius 3 is 2.26 bits per heavy atom. The molecule has 4 aromatic rings. The summed E-state index contributed by atoms with van der Waals surface area (Å²) in [4.78, 5) is 38.7. The molecule has 6 rings (SSSR count). The maximum atomic E-state index is 14.0. The molecule has 2 aromatic heterocycles. The molecule has 2 aromatic carbocycles. The lowest BCUT2D eigenvalue weighted by molar-refractivity contribution is -0.141. The lowest BCUT2D eigenvalue weighted by Crippen LogP contribution is -2.49. The van der Waals surface area contributed by atoms with Crippen molar-refractivity contribution in [2.24, 2.45) is 0 Å². The van der Waals surface area contributed by atoms with Gasteiger partial charge in [0, 0.05) is 44.8 Å². The Labute approximate surface area is 267 Å². The van der Waals surface area contributed by atoms with Gasteiger partial charge in [-0.05, 0) is 42.5 Å². The lowest BCUT2D eigenvalue weighted by atomic mass is 9.90. The summed E-state index contributed by atoms with van der Waals surface area (Å²) in [7, 11) is 0. The first kappa shape index (κ1) is 32.0. The van der Waals surface area contributed by atoms with E-state index >= 15 is 0 Å². The van der Waals surface area contributed by atoms with E-state index in [0.717, 1.165) is 6.07 Å². The third-order valence-corrected chi connectivity index (χ3v) is 8.46. The van der Waals surface area contributed by atoms with Crippen LogP contribution in [-0.2, 0) is 17.4 Å². The minimum atomic E-state index is -4.91. The van der Waals surface area contributed by atoms with E-state index in [4.69, 9.17) is 4.42 Å². The summed E-state index contributed by atoms with van der Waals surface area (Å²) in [6, 6.07) is 16.5. The second kappa shape index (κ2) is 13.4. The van der Waals surface area contributed by atoms with E-state index in [0.29, 0.717) is 57.9 Å². The van der Waals surface area contributed by atoms with Crippen molar-refractivity contribution in [3.8, 4) is 0 Å². The van der Waals surface area contributed by atoms with Crippen molar-refractivity contribution in [2.75, 3.05) is 54.4 Å². The molecule has 0 atom stereocenters. The zero-order chi connectivity index (χ0) is 33.1. The van der Waals surface area contributed by atoms with E-state index in [9.17, 15) is 31.5 Å². The van der Waals surface area contributed by atoms with Crippen molar-refractivity contribution >= 4 is 29.3 Å². The van der Waals surface area contributed by atoms with E-state index in [-0.39, 0.29) is 35.5 Å². The molecule has 0 spiro atoms. The van der Waals surface area contributed by atoms with Crippen LogP contribution in [-0.4, -0.2) is 66.0 Å². The maximum Gasteiger partial charge on any atom is 0.437 e. The molecule has 0 saturated carbocycles. The highest BCUT2D eigenvalue weighted by atomic mass is 19.4. The Morgan fingerprint density at radius 2 is 1.60 bits per heavy atom. The number of amides is 2. The summed E-state index contributed by atoms with van der Waals surface area (Å²) in [5, 5.41) is 2.42. The van der Waals surface area contributed by atoms with Crippen LogP contribution in [0.5, 0.6) is 0 Å². The normalized spacial score (nSPS) is 16.0. The number of carbonyl (C=O) groups is 2. The number of piperazine rings is 1. The van der Waals surface area contributed by atoms with Crippen LogP contribution in [0.4, 0.5) is 39.5 Å². The fourth-order valence-corrected chi connectivity index (χ4v) is 5.90. The predicted octanol–water partition coefficient (Wildman–Crippen LogP) is 5.89. The van der Waals surface area contributed by atoms with E-state index < -0.39 is 35.2 Å². The molecule has 4 heterocycles. The Kier molecular flexibility index (Phi) is 9.10. The van der Waals surface area contributed by atoms with Crippen LogP contribution < -0.4 is 15.1 Å². The molecular weight excluding hydrogens is 623 g/mol. The highest BCUT2D eigenvalue weighted by Gasteiger charge is 2.42. The first-order valence-corrected chi connectivity index (χ1v) is 15.2. The van der Waals surface area contributed by atoms with Gasteiger partial charge in [0.15, 0.2) is 17.3 Å². The topological polar surface area (TPSA) is 94.8 Å². The van der Waals surface area contributed by atoms with E-state index in [1.54, 1.807) is 15.9 Å². The molecule has 2 saturated heterocycles. The zero-order valence-corrected chi connectivity index (χ0v) is 25.1. The van der Waals surface area contributed by atoms with Crippen LogP contribution in [0.2, 0.25) is 0 Å². The van der Waals surface area contributed by atoms with Gasteiger partial charge in [-0.1, -0.05) is 42.5 Å². The quantitative estimate of drug-likeness (QED) is 0.248. The number of aromatic nitrogens is 2. The second-order valence-corrected chi connectivity index (χ2v) is 11.5. The van der Waals surface area contributed by atoms with Gasteiger partial charge in [0.1, 0.15) is 5.82 Å². The number of hydrogen-bond acceptors (Lipinski definition) is 7. The average Bonchev–Trinajstić information content (AvgIpc) is 3.55. The molecule has 9 nitrogen and oxygen atoms in total. The summed E-state index contributed by atoms with van der Waals surface area (Å²) >= 11 is 0. The van der Waals surface area contributed by atoms with Crippen molar-refractivity contribution in [1.82, 2.24) is 14.9 Å². The van der Waals surface area contributed by atoms with Crippen LogP contribution in [0.1, 0.15) is 46.1 Å². The van der Waals surface area contributed by atoms with Gasteiger partial charge in [0.05, 0.1) is 18.3 Å². The molecule has 14 heteroatoms. The number of oxazole rings is 1. The van der Waals surface area contributed by atoms with Crippen molar-refractivity contribution in [1.29, 1.82) is 0 Å². The first-order valence-electron chi connectivity index (χ1n) is 15.2. The molecule has 0 bridgehead atoms. The SMILES string of the molecule is O=C(Nc1ccc(N2CCN(C(=O)Cc3cccc(F)c3F)CC2)nc1)c1oc(N2CCC(c3ccccc3)CC2)nc1C(F)(F)F. The molecule has 47 heavy (non-hydrogen) atoms. The van der Waals surface area contributed by atoms with Crippen molar-refractivity contribution in [3.05, 3.63) is 101 Å². The van der Waals surface area contributed by atoms with Gasteiger partial charge in [-0.15, -0.1) is 0 Å². The number of anilines is 3. The van der Waals surface area contributed by atoms with Crippen LogP contribution in [0.25, 0.3) is 0 Å². The monoisotopic (exact) mass is 654 g/mol. The van der Waals surface area contributed by atoms with E-state index in [2.05, 4.69) is 15.3 Å². The van der Waals surface area contributed by atoms with Gasteiger partial charge < -0.3 is 24.4 Å². The summed E-state index contributed by atoms with van der Waals surface area (Å²) in [6.07, 6.45) is -2.45. The van der Waals surface area contributed by atoms with Crippen LogP contribution >= 0.6 is 0 Å². The molecule has 1 N–H and O–H groups in total. The summed E-state index contributed by atoms with van der Waals surface area (Å²) in [5.41, 5.74) is -0.0843. The predicted molar refractivity (Wildman–Crippen MR) is 163 cm³/mol. The fraction of sp³-hybridized carbons (Fsp3) is 0.333. The molecule has 2 amide bonds. The Hall–Kier alpha value is -5.01.